The topological polar surface area (TPSA) is 78.9 Å². The van der Waals surface area contributed by atoms with Crippen molar-refractivity contribution in [1.29, 1.82) is 0 Å². The van der Waals surface area contributed by atoms with E-state index >= 15 is 0 Å². The molecule has 1 amide bonds. The van der Waals surface area contributed by atoms with E-state index in [4.69, 9.17) is 10.9 Å². The fourth-order valence-electron chi connectivity index (χ4n) is 2.59. The maximum Gasteiger partial charge on any atom is 0.390 e. The van der Waals surface area contributed by atoms with Crippen LogP contribution in [0.25, 0.3) is 0 Å². The second kappa shape index (κ2) is 6.32. The van der Waals surface area contributed by atoms with Crippen molar-refractivity contribution >= 4 is 11.7 Å². The number of nitrogens with zero attached hydrogens (tertiary/aromatic N) is 2. The van der Waals surface area contributed by atoms with Crippen molar-refractivity contribution in [2.75, 3.05) is 13.6 Å². The van der Waals surface area contributed by atoms with E-state index in [0.717, 1.165) is 24.2 Å². The maximum atomic E-state index is 12.4. The molecule has 1 rings (SSSR count). The molecular formula is C12H20F3N3O2. The summed E-state index contributed by atoms with van der Waals surface area (Å²) in [4.78, 5) is 13.4. The number of amidine groups is 1. The van der Waals surface area contributed by atoms with Crippen LogP contribution < -0.4 is 5.73 Å². The van der Waals surface area contributed by atoms with Crippen LogP contribution in [0.1, 0.15) is 38.5 Å². The van der Waals surface area contributed by atoms with Crippen LogP contribution in [0.2, 0.25) is 0 Å². The standard InChI is InChI=1S/C12H20F3N3O2/c1-18(8-7-12(13,14)15)10(19)11(9(16)17-20)5-3-2-4-6-11/h20H,2-8H2,1H3,(H2,16,17). The lowest BCUT2D eigenvalue weighted by Crippen LogP contribution is -2.51. The van der Waals surface area contributed by atoms with Gasteiger partial charge in [0.1, 0.15) is 5.41 Å². The molecule has 8 heteroatoms. The molecule has 0 atom stereocenters. The Hall–Kier alpha value is -1.47. The number of carbonyl (C=O) groups is 1. The van der Waals surface area contributed by atoms with Crippen molar-refractivity contribution in [3.63, 3.8) is 0 Å². The molecule has 0 saturated heterocycles. The Labute approximate surface area is 115 Å². The van der Waals surface area contributed by atoms with Gasteiger partial charge in [0.05, 0.1) is 6.42 Å². The quantitative estimate of drug-likeness (QED) is 0.361. The first-order chi connectivity index (χ1) is 9.23. The van der Waals surface area contributed by atoms with E-state index in [0.29, 0.717) is 12.8 Å². The minimum absolute atomic E-state index is 0.207. The lowest BCUT2D eigenvalue weighted by Gasteiger charge is -2.37. The largest absolute Gasteiger partial charge is 0.409 e. The average molecular weight is 295 g/mol. The van der Waals surface area contributed by atoms with Crippen LogP contribution in [0, 0.1) is 5.41 Å². The molecule has 1 aliphatic carbocycles. The summed E-state index contributed by atoms with van der Waals surface area (Å²) in [7, 11) is 1.31. The first-order valence-electron chi connectivity index (χ1n) is 6.53. The zero-order chi connectivity index (χ0) is 15.4. The number of rotatable bonds is 4. The van der Waals surface area contributed by atoms with E-state index in [1.54, 1.807) is 0 Å². The third-order valence-electron chi connectivity index (χ3n) is 3.79. The Balaban J connectivity index is 2.83. The van der Waals surface area contributed by atoms with E-state index in [1.165, 1.54) is 7.05 Å². The van der Waals surface area contributed by atoms with Crippen LogP contribution in [0.5, 0.6) is 0 Å². The summed E-state index contributed by atoms with van der Waals surface area (Å²) in [5, 5.41) is 11.8. The van der Waals surface area contributed by atoms with Gasteiger partial charge in [0.25, 0.3) is 0 Å². The van der Waals surface area contributed by atoms with Crippen LogP contribution in [0.3, 0.4) is 0 Å². The first-order valence-corrected chi connectivity index (χ1v) is 6.53. The molecule has 5 nitrogen and oxygen atoms in total. The van der Waals surface area contributed by atoms with Gasteiger partial charge in [0.2, 0.25) is 5.91 Å². The number of amides is 1. The smallest absolute Gasteiger partial charge is 0.390 e. The number of carbonyl (C=O) groups excluding carboxylic acids is 1. The third kappa shape index (κ3) is 3.77. The molecule has 0 aromatic heterocycles. The Bertz CT molecular complexity index is 377. The van der Waals surface area contributed by atoms with Gasteiger partial charge in [-0.2, -0.15) is 13.2 Å². The molecule has 0 heterocycles. The Morgan fingerprint density at radius 3 is 2.35 bits per heavy atom. The summed E-state index contributed by atoms with van der Waals surface area (Å²) < 4.78 is 36.6. The average Bonchev–Trinajstić information content (AvgIpc) is 2.42. The number of oxime groups is 1. The van der Waals surface area contributed by atoms with Crippen LogP contribution in [0.15, 0.2) is 5.16 Å². The van der Waals surface area contributed by atoms with Crippen molar-refractivity contribution in [2.45, 2.75) is 44.7 Å². The van der Waals surface area contributed by atoms with Gasteiger partial charge in [-0.1, -0.05) is 24.4 Å². The highest BCUT2D eigenvalue weighted by Gasteiger charge is 2.45. The van der Waals surface area contributed by atoms with Crippen LogP contribution in [0.4, 0.5) is 13.2 Å². The Morgan fingerprint density at radius 2 is 1.90 bits per heavy atom. The van der Waals surface area contributed by atoms with E-state index in [9.17, 15) is 18.0 Å². The zero-order valence-electron chi connectivity index (χ0n) is 11.4. The molecule has 116 valence electrons. The van der Waals surface area contributed by atoms with Gasteiger partial charge in [0.15, 0.2) is 5.84 Å². The minimum Gasteiger partial charge on any atom is -0.409 e. The SMILES string of the molecule is CN(CCC(F)(F)F)C(=O)C1(C(N)=NO)CCCCC1. The van der Waals surface area contributed by atoms with Crippen molar-refractivity contribution in [3.8, 4) is 0 Å². The van der Waals surface area contributed by atoms with Crippen molar-refractivity contribution in [1.82, 2.24) is 4.90 Å². The predicted molar refractivity (Wildman–Crippen MR) is 67.2 cm³/mol. The van der Waals surface area contributed by atoms with Crippen molar-refractivity contribution in [3.05, 3.63) is 0 Å². The summed E-state index contributed by atoms with van der Waals surface area (Å²) in [6, 6.07) is 0. The molecule has 0 spiro atoms. The summed E-state index contributed by atoms with van der Waals surface area (Å²) >= 11 is 0. The molecule has 0 aliphatic heterocycles. The molecule has 0 bridgehead atoms. The molecule has 0 radical (unpaired) electrons. The molecule has 1 aliphatic rings. The summed E-state index contributed by atoms with van der Waals surface area (Å²) in [6.45, 7) is -0.428. The predicted octanol–water partition coefficient (Wildman–Crippen LogP) is 2.09. The van der Waals surface area contributed by atoms with E-state index in [-0.39, 0.29) is 5.84 Å². The molecule has 0 unspecified atom stereocenters. The molecule has 20 heavy (non-hydrogen) atoms. The molecular weight excluding hydrogens is 275 g/mol. The second-order valence-electron chi connectivity index (χ2n) is 5.22. The van der Waals surface area contributed by atoms with Gasteiger partial charge in [-0.25, -0.2) is 0 Å². The number of nitrogens with two attached hydrogens (primary N) is 1. The minimum atomic E-state index is -4.31. The lowest BCUT2D eigenvalue weighted by atomic mass is 9.72. The van der Waals surface area contributed by atoms with E-state index < -0.39 is 30.5 Å². The van der Waals surface area contributed by atoms with Gasteiger partial charge < -0.3 is 15.8 Å². The second-order valence-corrected chi connectivity index (χ2v) is 5.22. The summed E-state index contributed by atoms with van der Waals surface area (Å²) in [6.07, 6.45) is -2.19. The highest BCUT2D eigenvalue weighted by atomic mass is 19.4. The Kier molecular flexibility index (Phi) is 5.24. The third-order valence-corrected chi connectivity index (χ3v) is 3.79. The lowest BCUT2D eigenvalue weighted by molar-refractivity contribution is -0.148. The number of halogens is 3. The monoisotopic (exact) mass is 295 g/mol. The van der Waals surface area contributed by atoms with Gasteiger partial charge in [-0.05, 0) is 12.8 Å². The molecule has 1 fully saturated rings. The van der Waals surface area contributed by atoms with E-state index in [1.807, 2.05) is 0 Å². The number of alkyl halides is 3. The summed E-state index contributed by atoms with van der Waals surface area (Å²) in [5.74, 6) is -0.710. The van der Waals surface area contributed by atoms with Crippen molar-refractivity contribution < 1.29 is 23.2 Å². The molecule has 0 aromatic rings. The van der Waals surface area contributed by atoms with Crippen LogP contribution in [-0.4, -0.2) is 41.6 Å². The summed E-state index contributed by atoms with van der Waals surface area (Å²) in [5.41, 5.74) is 4.47. The van der Waals surface area contributed by atoms with Gasteiger partial charge in [-0.15, -0.1) is 0 Å². The molecule has 0 aromatic carbocycles. The maximum absolute atomic E-state index is 12.4. The number of hydrogen-bond acceptors (Lipinski definition) is 3. The van der Waals surface area contributed by atoms with Gasteiger partial charge in [0, 0.05) is 13.6 Å². The van der Waals surface area contributed by atoms with E-state index in [2.05, 4.69) is 5.16 Å². The first kappa shape index (κ1) is 16.6. The highest BCUT2D eigenvalue weighted by Crippen LogP contribution is 2.38. The number of hydrogen-bond donors (Lipinski definition) is 2. The van der Waals surface area contributed by atoms with Crippen molar-refractivity contribution in [2.24, 2.45) is 16.3 Å². The zero-order valence-corrected chi connectivity index (χ0v) is 11.4. The van der Waals surface area contributed by atoms with Gasteiger partial charge >= 0.3 is 6.18 Å². The molecule has 1 saturated carbocycles. The van der Waals surface area contributed by atoms with Crippen LogP contribution >= 0.6 is 0 Å². The Morgan fingerprint density at radius 1 is 1.35 bits per heavy atom. The fraction of sp³-hybridized carbons (Fsp3) is 0.833. The fourth-order valence-corrected chi connectivity index (χ4v) is 2.59. The highest BCUT2D eigenvalue weighted by molar-refractivity contribution is 6.06. The normalized spacial score (nSPS) is 19.7. The molecule has 3 N–H and O–H groups in total. The van der Waals surface area contributed by atoms with Gasteiger partial charge in [-0.3, -0.25) is 4.79 Å². The van der Waals surface area contributed by atoms with Crippen LogP contribution in [-0.2, 0) is 4.79 Å².